The quantitative estimate of drug-likeness (QED) is 0.897. The van der Waals surface area contributed by atoms with E-state index in [0.717, 1.165) is 56.7 Å². The maximum absolute atomic E-state index is 13.2. The molecule has 5 heterocycles. The molecular weight excluding hydrogens is 326 g/mol. The van der Waals surface area contributed by atoms with Gasteiger partial charge in [0.2, 0.25) is 0 Å². The highest BCUT2D eigenvalue weighted by molar-refractivity contribution is 5.95. The third-order valence-corrected chi connectivity index (χ3v) is 5.63. The summed E-state index contributed by atoms with van der Waals surface area (Å²) in [5.74, 6) is 0.705. The summed E-state index contributed by atoms with van der Waals surface area (Å²) in [4.78, 5) is 22.0. The van der Waals surface area contributed by atoms with Gasteiger partial charge in [-0.15, -0.1) is 0 Å². The number of aromatic nitrogens is 3. The van der Waals surface area contributed by atoms with E-state index < -0.39 is 0 Å². The summed E-state index contributed by atoms with van der Waals surface area (Å²) in [7, 11) is 0. The lowest BCUT2D eigenvalue weighted by atomic mass is 9.94. The number of fused-ring (bicyclic) bond motifs is 4. The molecule has 0 saturated carbocycles. The number of hydrogen-bond acceptors (Lipinski definition) is 4. The fourth-order valence-corrected chi connectivity index (χ4v) is 4.40. The Labute approximate surface area is 154 Å². The number of aryl methyl sites for hydroxylation is 1. The maximum atomic E-state index is 13.2. The van der Waals surface area contributed by atoms with Crippen LogP contribution in [0.3, 0.4) is 0 Å². The summed E-state index contributed by atoms with van der Waals surface area (Å²) in [6.07, 6.45) is 9.65. The third kappa shape index (κ3) is 3.51. The van der Waals surface area contributed by atoms with Gasteiger partial charge in [0.05, 0.1) is 11.8 Å². The van der Waals surface area contributed by atoms with Gasteiger partial charge in [0.15, 0.2) is 0 Å². The molecule has 1 amide bonds. The van der Waals surface area contributed by atoms with Crippen LogP contribution in [0.2, 0.25) is 0 Å². The van der Waals surface area contributed by atoms with Crippen molar-refractivity contribution in [2.45, 2.75) is 45.2 Å². The molecule has 26 heavy (non-hydrogen) atoms. The first-order chi connectivity index (χ1) is 12.7. The molecule has 3 saturated heterocycles. The second-order valence-corrected chi connectivity index (χ2v) is 7.62. The average molecular weight is 353 g/mol. The number of amides is 1. The van der Waals surface area contributed by atoms with Crippen LogP contribution >= 0.6 is 0 Å². The van der Waals surface area contributed by atoms with Gasteiger partial charge in [-0.3, -0.25) is 19.8 Å². The largest absolute Gasteiger partial charge is 0.334 e. The van der Waals surface area contributed by atoms with E-state index in [4.69, 9.17) is 0 Å². The summed E-state index contributed by atoms with van der Waals surface area (Å²) in [5, 5.41) is 7.14. The first kappa shape index (κ1) is 17.2. The van der Waals surface area contributed by atoms with Crippen molar-refractivity contribution in [1.29, 1.82) is 0 Å². The van der Waals surface area contributed by atoms with E-state index in [-0.39, 0.29) is 5.91 Å². The second kappa shape index (κ2) is 7.58. The fraction of sp³-hybridized carbons (Fsp3) is 0.550. The fourth-order valence-electron chi connectivity index (χ4n) is 4.40. The van der Waals surface area contributed by atoms with Crippen molar-refractivity contribution in [3.05, 3.63) is 47.5 Å². The van der Waals surface area contributed by atoms with Crippen LogP contribution in [0, 0.1) is 5.92 Å². The Kier molecular flexibility index (Phi) is 5.02. The predicted molar refractivity (Wildman–Crippen MR) is 99.6 cm³/mol. The van der Waals surface area contributed by atoms with Crippen molar-refractivity contribution >= 4 is 5.91 Å². The van der Waals surface area contributed by atoms with Gasteiger partial charge >= 0.3 is 0 Å². The Morgan fingerprint density at radius 2 is 2.19 bits per heavy atom. The molecule has 2 atom stereocenters. The lowest BCUT2D eigenvalue weighted by molar-refractivity contribution is 0.0584. The molecule has 6 nitrogen and oxygen atoms in total. The van der Waals surface area contributed by atoms with Crippen molar-refractivity contribution in [2.75, 3.05) is 19.6 Å². The predicted octanol–water partition coefficient (Wildman–Crippen LogP) is 2.49. The van der Waals surface area contributed by atoms with Gasteiger partial charge in [-0.25, -0.2) is 0 Å². The molecule has 0 spiro atoms. The van der Waals surface area contributed by atoms with Crippen LogP contribution in [-0.4, -0.2) is 56.6 Å². The van der Waals surface area contributed by atoms with Gasteiger partial charge in [-0.05, 0) is 36.8 Å². The van der Waals surface area contributed by atoms with Gasteiger partial charge < -0.3 is 4.90 Å². The van der Waals surface area contributed by atoms with Crippen molar-refractivity contribution in [3.8, 4) is 0 Å². The molecule has 5 rings (SSSR count). The molecule has 0 aliphatic carbocycles. The molecule has 0 aromatic carbocycles. The Hall–Kier alpha value is -2.21. The van der Waals surface area contributed by atoms with Crippen LogP contribution in [0.4, 0.5) is 0 Å². The summed E-state index contributed by atoms with van der Waals surface area (Å²) in [5.41, 5.74) is 2.98. The number of rotatable bonds is 5. The lowest BCUT2D eigenvalue weighted by Gasteiger charge is -2.36. The Morgan fingerprint density at radius 3 is 3.00 bits per heavy atom. The smallest absolute Gasteiger partial charge is 0.257 e. The van der Waals surface area contributed by atoms with Gasteiger partial charge in [0.1, 0.15) is 0 Å². The standard InChI is InChI=1S/C20H27N5O/c1-2-4-19-18(10-22-23-19)20(26)25-13-16-6-7-17(25)14-24(12-16)11-15-5-3-8-21-9-15/h3,5,8-10,16-17H,2,4,6-7,11-14H2,1H3,(H,22,23)/t16-,17+/m1/s1. The molecule has 2 aromatic heterocycles. The number of nitrogens with zero attached hydrogens (tertiary/aromatic N) is 4. The number of carbonyl (C=O) groups excluding carboxylic acids is 1. The molecule has 6 heteroatoms. The molecule has 3 fully saturated rings. The number of hydrogen-bond donors (Lipinski definition) is 1. The van der Waals surface area contributed by atoms with Gasteiger partial charge in [0, 0.05) is 50.3 Å². The molecule has 2 bridgehead atoms. The normalized spacial score (nSPS) is 23.2. The highest BCUT2D eigenvalue weighted by Gasteiger charge is 2.38. The van der Waals surface area contributed by atoms with Crippen LogP contribution in [0.25, 0.3) is 0 Å². The lowest BCUT2D eigenvalue weighted by Crippen LogP contribution is -2.47. The molecule has 0 radical (unpaired) electrons. The van der Waals surface area contributed by atoms with Gasteiger partial charge in [0.25, 0.3) is 5.91 Å². The Balaban J connectivity index is 1.49. The number of piperidine rings is 1. The van der Waals surface area contributed by atoms with E-state index in [1.165, 1.54) is 12.0 Å². The first-order valence-corrected chi connectivity index (χ1v) is 9.69. The van der Waals surface area contributed by atoms with Crippen LogP contribution < -0.4 is 0 Å². The van der Waals surface area contributed by atoms with Crippen LogP contribution in [-0.2, 0) is 13.0 Å². The summed E-state index contributed by atoms with van der Waals surface area (Å²) < 4.78 is 0. The molecule has 1 N–H and O–H groups in total. The van der Waals surface area contributed by atoms with E-state index >= 15 is 0 Å². The van der Waals surface area contributed by atoms with E-state index in [0.29, 0.717) is 12.0 Å². The highest BCUT2D eigenvalue weighted by atomic mass is 16.2. The van der Waals surface area contributed by atoms with Gasteiger partial charge in [-0.2, -0.15) is 5.10 Å². The summed E-state index contributed by atoms with van der Waals surface area (Å²) in [6.45, 7) is 5.90. The monoisotopic (exact) mass is 353 g/mol. The average Bonchev–Trinajstić information content (AvgIpc) is 2.94. The second-order valence-electron chi connectivity index (χ2n) is 7.62. The molecule has 0 unspecified atom stereocenters. The van der Waals surface area contributed by atoms with Crippen molar-refractivity contribution < 1.29 is 4.79 Å². The van der Waals surface area contributed by atoms with E-state index in [1.54, 1.807) is 6.20 Å². The van der Waals surface area contributed by atoms with Crippen molar-refractivity contribution in [2.24, 2.45) is 5.92 Å². The molecule has 3 aliphatic rings. The third-order valence-electron chi connectivity index (χ3n) is 5.63. The van der Waals surface area contributed by atoms with Crippen molar-refractivity contribution in [3.63, 3.8) is 0 Å². The van der Waals surface area contributed by atoms with E-state index in [2.05, 4.69) is 38.0 Å². The van der Waals surface area contributed by atoms with Crippen LogP contribution in [0.1, 0.15) is 47.8 Å². The van der Waals surface area contributed by atoms with Gasteiger partial charge in [-0.1, -0.05) is 19.4 Å². The molecule has 2 aromatic rings. The minimum absolute atomic E-state index is 0.153. The van der Waals surface area contributed by atoms with Crippen LogP contribution in [0.5, 0.6) is 0 Å². The Morgan fingerprint density at radius 1 is 1.27 bits per heavy atom. The maximum Gasteiger partial charge on any atom is 0.257 e. The number of H-pyrrole nitrogens is 1. The topological polar surface area (TPSA) is 65.1 Å². The van der Waals surface area contributed by atoms with Crippen molar-refractivity contribution in [1.82, 2.24) is 25.0 Å². The minimum Gasteiger partial charge on any atom is -0.334 e. The van der Waals surface area contributed by atoms with E-state index in [1.807, 2.05) is 18.5 Å². The summed E-state index contributed by atoms with van der Waals surface area (Å²) >= 11 is 0. The number of carbonyl (C=O) groups is 1. The molecule has 138 valence electrons. The number of aromatic amines is 1. The molecule has 3 aliphatic heterocycles. The zero-order chi connectivity index (χ0) is 17.9. The Bertz CT molecular complexity index is 744. The number of pyridine rings is 1. The summed E-state index contributed by atoms with van der Waals surface area (Å²) in [6, 6.07) is 4.42. The first-order valence-electron chi connectivity index (χ1n) is 9.69. The zero-order valence-electron chi connectivity index (χ0n) is 15.4. The molecular formula is C20H27N5O. The van der Waals surface area contributed by atoms with E-state index in [9.17, 15) is 4.79 Å². The minimum atomic E-state index is 0.153. The van der Waals surface area contributed by atoms with Crippen LogP contribution in [0.15, 0.2) is 30.7 Å². The zero-order valence-corrected chi connectivity index (χ0v) is 15.4. The SMILES string of the molecule is CCCc1[nH]ncc1C(=O)N1C[C@@H]2CC[C@H]1CN(Cc1cccnc1)C2. The highest BCUT2D eigenvalue weighted by Crippen LogP contribution is 2.30. The number of nitrogens with one attached hydrogen (secondary N) is 1.